The number of benzene rings is 3. The summed E-state index contributed by atoms with van der Waals surface area (Å²) in [5, 5.41) is 3.33. The van der Waals surface area contributed by atoms with Crippen molar-refractivity contribution in [2.75, 3.05) is 11.4 Å². The number of aryl methyl sites for hydroxylation is 1. The number of nitrogens with zero attached hydrogens (tertiary/aromatic N) is 2. The first-order chi connectivity index (χ1) is 17.4. The molecule has 4 aromatic rings. The highest BCUT2D eigenvalue weighted by Crippen LogP contribution is 2.21. The fraction of sp³-hybridized carbons (Fsp3) is 0.172. The van der Waals surface area contributed by atoms with Gasteiger partial charge in [0.25, 0.3) is 11.5 Å². The van der Waals surface area contributed by atoms with Crippen LogP contribution in [0.25, 0.3) is 10.9 Å². The first-order valence-corrected chi connectivity index (χ1v) is 11.5. The fourth-order valence-electron chi connectivity index (χ4n) is 4.07. The number of nitrogens with one attached hydrogen (secondary N) is 2. The average Bonchev–Trinajstić information content (AvgIpc) is 2.87. The molecule has 2 N–H and O–H groups in total. The fourth-order valence-corrected chi connectivity index (χ4v) is 4.07. The quantitative estimate of drug-likeness (QED) is 0.374. The molecule has 0 aliphatic heterocycles. The Morgan fingerprint density at radius 1 is 1.08 bits per heavy atom. The second kappa shape index (κ2) is 10.7. The number of terminal acetylenes is 1. The maximum absolute atomic E-state index is 12.9. The second-order valence-electron chi connectivity index (χ2n) is 8.54. The predicted octanol–water partition coefficient (Wildman–Crippen LogP) is 3.93. The van der Waals surface area contributed by atoms with Gasteiger partial charge in [-0.2, -0.15) is 0 Å². The van der Waals surface area contributed by atoms with Crippen LogP contribution in [0.2, 0.25) is 0 Å². The lowest BCUT2D eigenvalue weighted by atomic mass is 10.0. The molecule has 36 heavy (non-hydrogen) atoms. The van der Waals surface area contributed by atoms with Gasteiger partial charge in [0, 0.05) is 17.8 Å². The van der Waals surface area contributed by atoms with Gasteiger partial charge in [-0.25, -0.2) is 4.98 Å². The molecule has 1 atom stereocenters. The summed E-state index contributed by atoms with van der Waals surface area (Å²) in [5.41, 5.74) is 3.35. The third-order valence-electron chi connectivity index (χ3n) is 5.85. The Balaban J connectivity index is 1.52. The highest BCUT2D eigenvalue weighted by molar-refractivity contribution is 5.98. The molecule has 0 aliphatic rings. The molecule has 1 unspecified atom stereocenters. The van der Waals surface area contributed by atoms with E-state index in [9.17, 15) is 14.4 Å². The molecule has 180 valence electrons. The van der Waals surface area contributed by atoms with E-state index >= 15 is 0 Å². The molecule has 1 heterocycles. The minimum atomic E-state index is -0.717. The first-order valence-electron chi connectivity index (χ1n) is 11.5. The molecule has 0 radical (unpaired) electrons. The van der Waals surface area contributed by atoms with Gasteiger partial charge in [0.2, 0.25) is 0 Å². The van der Waals surface area contributed by atoms with E-state index in [1.807, 2.05) is 65.6 Å². The Kier molecular flexibility index (Phi) is 7.26. The van der Waals surface area contributed by atoms with Crippen molar-refractivity contribution in [3.63, 3.8) is 0 Å². The Morgan fingerprint density at radius 3 is 2.47 bits per heavy atom. The van der Waals surface area contributed by atoms with Crippen molar-refractivity contribution in [3.8, 4) is 12.3 Å². The van der Waals surface area contributed by atoms with Crippen LogP contribution in [0.15, 0.2) is 77.6 Å². The Morgan fingerprint density at radius 2 is 1.81 bits per heavy atom. The monoisotopic (exact) mass is 478 g/mol. The molecule has 0 saturated heterocycles. The molecule has 1 aromatic heterocycles. The van der Waals surface area contributed by atoms with Crippen LogP contribution >= 0.6 is 0 Å². The zero-order valence-electron chi connectivity index (χ0n) is 20.1. The summed E-state index contributed by atoms with van der Waals surface area (Å²) in [4.78, 5) is 46.4. The van der Waals surface area contributed by atoms with Gasteiger partial charge in [-0.15, -0.1) is 6.42 Å². The molecule has 0 fully saturated rings. The third-order valence-corrected chi connectivity index (χ3v) is 5.85. The average molecular weight is 479 g/mol. The van der Waals surface area contributed by atoms with Crippen LogP contribution in [0.5, 0.6) is 0 Å². The maximum atomic E-state index is 12.9. The topological polar surface area (TPSA) is 95.2 Å². The van der Waals surface area contributed by atoms with Crippen molar-refractivity contribution in [2.24, 2.45) is 0 Å². The van der Waals surface area contributed by atoms with Crippen molar-refractivity contribution in [1.82, 2.24) is 15.3 Å². The van der Waals surface area contributed by atoms with Crippen molar-refractivity contribution in [2.45, 2.75) is 26.4 Å². The number of fused-ring (bicyclic) bond motifs is 1. The number of aromatic nitrogens is 2. The van der Waals surface area contributed by atoms with E-state index in [2.05, 4.69) is 21.2 Å². The van der Waals surface area contributed by atoms with E-state index in [0.29, 0.717) is 35.4 Å². The highest BCUT2D eigenvalue weighted by Gasteiger charge is 2.20. The largest absolute Gasteiger partial charge is 0.356 e. The van der Waals surface area contributed by atoms with Crippen LogP contribution in [0.3, 0.4) is 0 Å². The van der Waals surface area contributed by atoms with Crippen LogP contribution in [0.1, 0.15) is 40.3 Å². The lowest BCUT2D eigenvalue weighted by molar-refractivity contribution is -0.118. The number of ketones is 1. The van der Waals surface area contributed by atoms with Gasteiger partial charge in [0.05, 0.1) is 17.4 Å². The molecule has 7 heteroatoms. The SMILES string of the molecule is C#CCN(Cc1ccc2nc(C)[nH]c(=O)c2c1)c1ccc(C(=O)NC(C(C)=O)c2ccccc2)cc1. The van der Waals surface area contributed by atoms with E-state index in [1.54, 1.807) is 19.1 Å². The Labute approximate surface area is 209 Å². The summed E-state index contributed by atoms with van der Waals surface area (Å²) in [6, 6.07) is 21.0. The summed E-state index contributed by atoms with van der Waals surface area (Å²) in [7, 11) is 0. The molecule has 0 saturated carbocycles. The van der Waals surface area contributed by atoms with Gasteiger partial charge in [0.1, 0.15) is 11.9 Å². The molecular formula is C29H26N4O3. The summed E-state index contributed by atoms with van der Waals surface area (Å²) in [5.74, 6) is 2.74. The van der Waals surface area contributed by atoms with E-state index < -0.39 is 6.04 Å². The number of aromatic amines is 1. The van der Waals surface area contributed by atoms with Crippen molar-refractivity contribution in [3.05, 3.63) is 106 Å². The number of amides is 1. The van der Waals surface area contributed by atoms with E-state index in [4.69, 9.17) is 6.42 Å². The number of Topliss-reactive ketones (excluding diaryl/α,β-unsaturated/α-hetero) is 1. The first kappa shape index (κ1) is 24.4. The van der Waals surface area contributed by atoms with Gasteiger partial charge < -0.3 is 15.2 Å². The highest BCUT2D eigenvalue weighted by atomic mass is 16.2. The molecular weight excluding hydrogens is 452 g/mol. The molecule has 7 nitrogen and oxygen atoms in total. The van der Waals surface area contributed by atoms with Gasteiger partial charge in [-0.3, -0.25) is 14.4 Å². The smallest absolute Gasteiger partial charge is 0.258 e. The Hall–Kier alpha value is -4.70. The minimum Gasteiger partial charge on any atom is -0.356 e. The van der Waals surface area contributed by atoms with Gasteiger partial charge in [-0.1, -0.05) is 42.3 Å². The molecule has 4 rings (SSSR count). The van der Waals surface area contributed by atoms with E-state index in [-0.39, 0.29) is 17.2 Å². The number of carbonyl (C=O) groups is 2. The zero-order valence-corrected chi connectivity index (χ0v) is 20.1. The van der Waals surface area contributed by atoms with Crippen LogP contribution in [0.4, 0.5) is 5.69 Å². The third kappa shape index (κ3) is 5.50. The number of H-pyrrole nitrogens is 1. The summed E-state index contributed by atoms with van der Waals surface area (Å²) in [6.45, 7) is 4.01. The van der Waals surface area contributed by atoms with Crippen LogP contribution in [-0.2, 0) is 11.3 Å². The summed E-state index contributed by atoms with van der Waals surface area (Å²) >= 11 is 0. The van der Waals surface area contributed by atoms with Crippen molar-refractivity contribution >= 4 is 28.3 Å². The lowest BCUT2D eigenvalue weighted by Crippen LogP contribution is -2.32. The van der Waals surface area contributed by atoms with E-state index in [1.165, 1.54) is 6.92 Å². The van der Waals surface area contributed by atoms with Gasteiger partial charge in [0.15, 0.2) is 5.78 Å². The number of carbonyl (C=O) groups excluding carboxylic acids is 2. The Bertz CT molecular complexity index is 1500. The molecule has 1 amide bonds. The number of rotatable bonds is 8. The second-order valence-corrected chi connectivity index (χ2v) is 8.54. The normalized spacial score (nSPS) is 11.5. The lowest BCUT2D eigenvalue weighted by Gasteiger charge is -2.23. The number of anilines is 1. The van der Waals surface area contributed by atoms with Crippen LogP contribution in [0, 0.1) is 19.3 Å². The van der Waals surface area contributed by atoms with Crippen molar-refractivity contribution in [1.29, 1.82) is 0 Å². The van der Waals surface area contributed by atoms with Crippen LogP contribution < -0.4 is 15.8 Å². The molecule has 0 spiro atoms. The molecule has 3 aromatic carbocycles. The van der Waals surface area contributed by atoms with Gasteiger partial charge in [-0.05, 0) is 61.4 Å². The maximum Gasteiger partial charge on any atom is 0.258 e. The minimum absolute atomic E-state index is 0.147. The van der Waals surface area contributed by atoms with E-state index in [0.717, 1.165) is 16.8 Å². The summed E-state index contributed by atoms with van der Waals surface area (Å²) in [6.07, 6.45) is 5.62. The van der Waals surface area contributed by atoms with Crippen LogP contribution in [-0.4, -0.2) is 28.2 Å². The van der Waals surface area contributed by atoms with Crippen molar-refractivity contribution < 1.29 is 9.59 Å². The molecule has 0 bridgehead atoms. The number of hydrogen-bond acceptors (Lipinski definition) is 5. The van der Waals surface area contributed by atoms with Gasteiger partial charge >= 0.3 is 0 Å². The predicted molar refractivity (Wildman–Crippen MR) is 141 cm³/mol. The zero-order chi connectivity index (χ0) is 25.7. The summed E-state index contributed by atoms with van der Waals surface area (Å²) < 4.78 is 0. The molecule has 0 aliphatic carbocycles. The number of hydrogen-bond donors (Lipinski definition) is 2. The standard InChI is InChI=1S/C29H26N4O3/c1-4-16-33(18-21-10-15-26-25(17-21)29(36)31-20(3)30-26)24-13-11-23(12-14-24)28(35)32-27(19(2)34)22-8-6-5-7-9-22/h1,5-15,17,27H,16,18H2,2-3H3,(H,32,35)(H,30,31,36).